The molecule has 0 radical (unpaired) electrons. The summed E-state index contributed by atoms with van der Waals surface area (Å²) in [6, 6.07) is 7.61. The Bertz CT molecular complexity index is 665. The molecule has 6 nitrogen and oxygen atoms in total. The van der Waals surface area contributed by atoms with Gasteiger partial charge in [-0.05, 0) is 43.0 Å². The summed E-state index contributed by atoms with van der Waals surface area (Å²) in [5.74, 6) is 0.233. The fourth-order valence-corrected chi connectivity index (χ4v) is 3.96. The number of nitrogens with zero attached hydrogens (tertiary/aromatic N) is 2. The lowest BCUT2D eigenvalue weighted by atomic mass is 10.1. The molecular formula is C18H29N3O3S. The number of carbonyl (C=O) groups is 1. The third-order valence-corrected chi connectivity index (χ3v) is 5.43. The van der Waals surface area contributed by atoms with Crippen molar-refractivity contribution >= 4 is 27.3 Å². The van der Waals surface area contributed by atoms with Crippen molar-refractivity contribution in [2.75, 3.05) is 41.6 Å². The molecule has 7 heteroatoms. The maximum atomic E-state index is 12.1. The number of hydrogen-bond donors (Lipinski definition) is 1. The lowest BCUT2D eigenvalue weighted by Crippen LogP contribution is -2.38. The largest absolute Gasteiger partial charge is 0.372 e. The molecule has 140 valence electrons. The van der Waals surface area contributed by atoms with E-state index in [4.69, 9.17) is 0 Å². The molecule has 0 aromatic heterocycles. The number of amides is 1. The van der Waals surface area contributed by atoms with E-state index in [1.165, 1.54) is 23.4 Å². The van der Waals surface area contributed by atoms with E-state index in [1.807, 2.05) is 38.1 Å². The standard InChI is InChI=1S/C18H29N3O3S/c1-15(2)14-18(22)19-10-13-21(25(3,23)24)17-8-6-16(7-9-17)20-11-4-5-12-20/h6-9,15H,4-5,10-14H2,1-3H3,(H,19,22). The van der Waals surface area contributed by atoms with Crippen LogP contribution in [-0.2, 0) is 14.8 Å². The molecule has 0 aliphatic carbocycles. The molecule has 2 rings (SSSR count). The Hall–Kier alpha value is -1.76. The molecule has 1 saturated heterocycles. The number of rotatable bonds is 8. The zero-order valence-electron chi connectivity index (χ0n) is 15.4. The number of sulfonamides is 1. The third kappa shape index (κ3) is 5.92. The van der Waals surface area contributed by atoms with Crippen molar-refractivity contribution < 1.29 is 13.2 Å². The first-order valence-corrected chi connectivity index (χ1v) is 10.7. The SMILES string of the molecule is CC(C)CC(=O)NCCN(c1ccc(N2CCCC2)cc1)S(C)(=O)=O. The molecule has 0 saturated carbocycles. The van der Waals surface area contributed by atoms with Crippen molar-refractivity contribution in [1.29, 1.82) is 0 Å². The van der Waals surface area contributed by atoms with Crippen LogP contribution >= 0.6 is 0 Å². The Balaban J connectivity index is 2.01. The van der Waals surface area contributed by atoms with E-state index in [0.717, 1.165) is 18.8 Å². The second kappa shape index (κ2) is 8.56. The van der Waals surface area contributed by atoms with Crippen molar-refractivity contribution in [2.45, 2.75) is 33.1 Å². The van der Waals surface area contributed by atoms with Gasteiger partial charge in [0.1, 0.15) is 0 Å². The highest BCUT2D eigenvalue weighted by molar-refractivity contribution is 7.92. The van der Waals surface area contributed by atoms with Crippen LogP contribution in [0.2, 0.25) is 0 Å². The molecule has 1 amide bonds. The summed E-state index contributed by atoms with van der Waals surface area (Å²) < 4.78 is 25.6. The van der Waals surface area contributed by atoms with Gasteiger partial charge in [0.2, 0.25) is 15.9 Å². The van der Waals surface area contributed by atoms with Gasteiger partial charge in [-0.1, -0.05) is 13.8 Å². The van der Waals surface area contributed by atoms with E-state index in [-0.39, 0.29) is 18.4 Å². The van der Waals surface area contributed by atoms with Crippen LogP contribution in [0.1, 0.15) is 33.1 Å². The normalized spacial score (nSPS) is 14.8. The van der Waals surface area contributed by atoms with Crippen LogP contribution < -0.4 is 14.5 Å². The Morgan fingerprint density at radius 2 is 1.80 bits per heavy atom. The number of hydrogen-bond acceptors (Lipinski definition) is 4. The summed E-state index contributed by atoms with van der Waals surface area (Å²) in [4.78, 5) is 14.0. The Morgan fingerprint density at radius 3 is 2.32 bits per heavy atom. The van der Waals surface area contributed by atoms with Crippen LogP contribution in [0.15, 0.2) is 24.3 Å². The number of carbonyl (C=O) groups excluding carboxylic acids is 1. The minimum Gasteiger partial charge on any atom is -0.372 e. The Morgan fingerprint density at radius 1 is 1.20 bits per heavy atom. The summed E-state index contributed by atoms with van der Waals surface area (Å²) in [7, 11) is -3.40. The minimum atomic E-state index is -3.40. The van der Waals surface area contributed by atoms with Crippen molar-refractivity contribution in [3.8, 4) is 0 Å². The predicted molar refractivity (Wildman–Crippen MR) is 103 cm³/mol. The minimum absolute atomic E-state index is 0.0483. The van der Waals surface area contributed by atoms with Crippen LogP contribution in [0.3, 0.4) is 0 Å². The van der Waals surface area contributed by atoms with Gasteiger partial charge < -0.3 is 10.2 Å². The second-order valence-corrected chi connectivity index (χ2v) is 8.90. The van der Waals surface area contributed by atoms with Crippen LogP contribution in [0.25, 0.3) is 0 Å². The fraction of sp³-hybridized carbons (Fsp3) is 0.611. The van der Waals surface area contributed by atoms with Gasteiger partial charge in [0, 0.05) is 31.7 Å². The number of anilines is 2. The third-order valence-electron chi connectivity index (χ3n) is 4.24. The van der Waals surface area contributed by atoms with E-state index in [0.29, 0.717) is 18.7 Å². The zero-order valence-corrected chi connectivity index (χ0v) is 16.2. The molecule has 0 atom stereocenters. The average molecular weight is 368 g/mol. The molecule has 1 aliphatic rings. The first-order chi connectivity index (χ1) is 11.8. The zero-order chi connectivity index (χ0) is 18.4. The first-order valence-electron chi connectivity index (χ1n) is 8.87. The Kier molecular flexibility index (Phi) is 6.70. The van der Waals surface area contributed by atoms with Gasteiger partial charge in [-0.2, -0.15) is 0 Å². The predicted octanol–water partition coefficient (Wildman–Crippen LogP) is 2.22. The van der Waals surface area contributed by atoms with Gasteiger partial charge >= 0.3 is 0 Å². The highest BCUT2D eigenvalue weighted by Gasteiger charge is 2.18. The molecule has 1 aromatic rings. The van der Waals surface area contributed by atoms with E-state index in [1.54, 1.807) is 0 Å². The summed E-state index contributed by atoms with van der Waals surface area (Å²) >= 11 is 0. The van der Waals surface area contributed by atoms with Gasteiger partial charge in [0.05, 0.1) is 18.5 Å². The van der Waals surface area contributed by atoms with Crippen LogP contribution in [-0.4, -0.2) is 46.8 Å². The first kappa shape index (κ1) is 19.6. The molecule has 0 spiro atoms. The summed E-state index contributed by atoms with van der Waals surface area (Å²) in [5, 5.41) is 2.79. The highest BCUT2D eigenvalue weighted by Crippen LogP contribution is 2.24. The van der Waals surface area contributed by atoms with Crippen LogP contribution in [0.5, 0.6) is 0 Å². The number of nitrogens with one attached hydrogen (secondary N) is 1. The maximum Gasteiger partial charge on any atom is 0.232 e. The quantitative estimate of drug-likeness (QED) is 0.765. The number of benzene rings is 1. The summed E-state index contributed by atoms with van der Waals surface area (Å²) in [6.45, 7) is 6.58. The monoisotopic (exact) mass is 367 g/mol. The Labute approximate surface area is 151 Å². The van der Waals surface area contributed by atoms with Crippen LogP contribution in [0.4, 0.5) is 11.4 Å². The van der Waals surface area contributed by atoms with Crippen molar-refractivity contribution in [3.05, 3.63) is 24.3 Å². The van der Waals surface area contributed by atoms with Crippen molar-refractivity contribution in [3.63, 3.8) is 0 Å². The van der Waals surface area contributed by atoms with E-state index < -0.39 is 10.0 Å². The van der Waals surface area contributed by atoms with Crippen LogP contribution in [0, 0.1) is 5.92 Å². The van der Waals surface area contributed by atoms with E-state index >= 15 is 0 Å². The topological polar surface area (TPSA) is 69.7 Å². The van der Waals surface area contributed by atoms with Gasteiger partial charge in [-0.3, -0.25) is 9.10 Å². The van der Waals surface area contributed by atoms with E-state index in [2.05, 4.69) is 10.2 Å². The molecule has 1 aromatic carbocycles. The van der Waals surface area contributed by atoms with Crippen molar-refractivity contribution in [2.24, 2.45) is 5.92 Å². The highest BCUT2D eigenvalue weighted by atomic mass is 32.2. The summed E-state index contributed by atoms with van der Waals surface area (Å²) in [5.41, 5.74) is 1.75. The summed E-state index contributed by atoms with van der Waals surface area (Å²) in [6.07, 6.45) is 4.04. The molecule has 1 aliphatic heterocycles. The van der Waals surface area contributed by atoms with Gasteiger partial charge in [-0.25, -0.2) is 8.42 Å². The van der Waals surface area contributed by atoms with Gasteiger partial charge in [0.15, 0.2) is 0 Å². The fourth-order valence-electron chi connectivity index (χ4n) is 3.03. The molecular weight excluding hydrogens is 338 g/mol. The van der Waals surface area contributed by atoms with Crippen molar-refractivity contribution in [1.82, 2.24) is 5.32 Å². The molecule has 1 heterocycles. The molecule has 1 N–H and O–H groups in total. The molecule has 25 heavy (non-hydrogen) atoms. The smallest absolute Gasteiger partial charge is 0.232 e. The average Bonchev–Trinajstić information content (AvgIpc) is 3.04. The van der Waals surface area contributed by atoms with Gasteiger partial charge in [0.25, 0.3) is 0 Å². The van der Waals surface area contributed by atoms with Gasteiger partial charge in [-0.15, -0.1) is 0 Å². The molecule has 1 fully saturated rings. The molecule has 0 bridgehead atoms. The lowest BCUT2D eigenvalue weighted by molar-refractivity contribution is -0.121. The van der Waals surface area contributed by atoms with E-state index in [9.17, 15) is 13.2 Å². The lowest BCUT2D eigenvalue weighted by Gasteiger charge is -2.24. The second-order valence-electron chi connectivity index (χ2n) is 6.99. The maximum absolute atomic E-state index is 12.1. The molecule has 0 unspecified atom stereocenters.